The molecule has 0 aliphatic rings. The number of nitrogens with zero attached hydrogens (tertiary/aromatic N) is 2. The molecule has 0 bridgehead atoms. The maximum atomic E-state index is 11.3. The van der Waals surface area contributed by atoms with E-state index >= 15 is 0 Å². The molecule has 0 aromatic carbocycles. The molecule has 1 aromatic rings. The van der Waals surface area contributed by atoms with Crippen molar-refractivity contribution in [1.82, 2.24) is 25.7 Å². The standard InChI is InChI=1S/C11H17N5O4/c1-8-4-15-16(7-8)3-2-12-11(20)14-5-9(17)13-6-10(18)19/h4,7H,2-3,5-6H2,1H3,(H,13,17)(H,18,19)(H2,12,14,20). The summed E-state index contributed by atoms with van der Waals surface area (Å²) in [5.74, 6) is -1.71. The van der Waals surface area contributed by atoms with E-state index in [1.165, 1.54) is 0 Å². The zero-order valence-corrected chi connectivity index (χ0v) is 11.0. The summed E-state index contributed by atoms with van der Waals surface area (Å²) in [6.45, 7) is 2.05. The Bertz CT molecular complexity index is 485. The molecular formula is C11H17N5O4. The van der Waals surface area contributed by atoms with Gasteiger partial charge < -0.3 is 21.1 Å². The first-order valence-electron chi connectivity index (χ1n) is 5.96. The highest BCUT2D eigenvalue weighted by atomic mass is 16.4. The van der Waals surface area contributed by atoms with Crippen molar-refractivity contribution in [2.24, 2.45) is 0 Å². The monoisotopic (exact) mass is 283 g/mol. The van der Waals surface area contributed by atoms with Crippen molar-refractivity contribution in [3.63, 3.8) is 0 Å². The minimum Gasteiger partial charge on any atom is -0.480 e. The van der Waals surface area contributed by atoms with E-state index in [-0.39, 0.29) is 6.54 Å². The zero-order chi connectivity index (χ0) is 15.0. The Morgan fingerprint density at radius 1 is 1.25 bits per heavy atom. The summed E-state index contributed by atoms with van der Waals surface area (Å²) in [5, 5.41) is 19.4. The number of rotatable bonds is 7. The number of carboxylic acids is 1. The first kappa shape index (κ1) is 15.5. The van der Waals surface area contributed by atoms with Gasteiger partial charge in [0.2, 0.25) is 5.91 Å². The number of hydrogen-bond donors (Lipinski definition) is 4. The number of carbonyl (C=O) groups is 3. The lowest BCUT2D eigenvalue weighted by Crippen LogP contribution is -2.43. The van der Waals surface area contributed by atoms with E-state index in [4.69, 9.17) is 5.11 Å². The second kappa shape index (κ2) is 7.77. The fourth-order valence-electron chi connectivity index (χ4n) is 1.33. The third-order valence-electron chi connectivity index (χ3n) is 2.24. The Morgan fingerprint density at radius 2 is 2.00 bits per heavy atom. The Labute approximate surface area is 115 Å². The number of hydrogen-bond acceptors (Lipinski definition) is 4. The minimum absolute atomic E-state index is 0.278. The van der Waals surface area contributed by atoms with Crippen molar-refractivity contribution in [3.8, 4) is 0 Å². The maximum absolute atomic E-state index is 11.3. The van der Waals surface area contributed by atoms with Gasteiger partial charge in [-0.1, -0.05) is 0 Å². The van der Waals surface area contributed by atoms with Crippen LogP contribution in [0.25, 0.3) is 0 Å². The van der Waals surface area contributed by atoms with E-state index in [9.17, 15) is 14.4 Å². The number of aromatic nitrogens is 2. The van der Waals surface area contributed by atoms with Gasteiger partial charge in [0.05, 0.1) is 19.3 Å². The lowest BCUT2D eigenvalue weighted by Gasteiger charge is -2.07. The number of aryl methyl sites for hydroxylation is 1. The zero-order valence-electron chi connectivity index (χ0n) is 11.0. The lowest BCUT2D eigenvalue weighted by molar-refractivity contribution is -0.137. The Hall–Kier alpha value is -2.58. The summed E-state index contributed by atoms with van der Waals surface area (Å²) in [5.41, 5.74) is 1.03. The van der Waals surface area contributed by atoms with E-state index in [0.717, 1.165) is 5.56 Å². The number of nitrogens with one attached hydrogen (secondary N) is 3. The molecule has 20 heavy (non-hydrogen) atoms. The molecule has 9 nitrogen and oxygen atoms in total. The maximum Gasteiger partial charge on any atom is 0.322 e. The molecule has 0 radical (unpaired) electrons. The fraction of sp³-hybridized carbons (Fsp3) is 0.455. The van der Waals surface area contributed by atoms with Gasteiger partial charge in [-0.25, -0.2) is 4.79 Å². The summed E-state index contributed by atoms with van der Waals surface area (Å²) in [6, 6.07) is -0.501. The van der Waals surface area contributed by atoms with Crippen LogP contribution in [0.15, 0.2) is 12.4 Å². The summed E-state index contributed by atoms with van der Waals surface area (Å²) in [7, 11) is 0. The van der Waals surface area contributed by atoms with Gasteiger partial charge in [-0.3, -0.25) is 14.3 Å². The van der Waals surface area contributed by atoms with E-state index in [0.29, 0.717) is 13.1 Å². The quantitative estimate of drug-likeness (QED) is 0.494. The van der Waals surface area contributed by atoms with Crippen LogP contribution >= 0.6 is 0 Å². The van der Waals surface area contributed by atoms with Crippen LogP contribution in [0.4, 0.5) is 4.79 Å². The third kappa shape index (κ3) is 6.38. The van der Waals surface area contributed by atoms with Gasteiger partial charge in [0, 0.05) is 12.7 Å². The van der Waals surface area contributed by atoms with Gasteiger partial charge in [-0.05, 0) is 12.5 Å². The van der Waals surface area contributed by atoms with Crippen molar-refractivity contribution in [2.75, 3.05) is 19.6 Å². The fourth-order valence-corrected chi connectivity index (χ4v) is 1.33. The van der Waals surface area contributed by atoms with Crippen LogP contribution in [0.3, 0.4) is 0 Å². The number of urea groups is 1. The van der Waals surface area contributed by atoms with Gasteiger partial charge in [0.1, 0.15) is 6.54 Å². The lowest BCUT2D eigenvalue weighted by atomic mass is 10.4. The van der Waals surface area contributed by atoms with Crippen LogP contribution in [0, 0.1) is 6.92 Å². The molecule has 0 fully saturated rings. The van der Waals surface area contributed by atoms with Crippen LogP contribution < -0.4 is 16.0 Å². The molecule has 0 unspecified atom stereocenters. The molecule has 1 aromatic heterocycles. The van der Waals surface area contributed by atoms with Crippen LogP contribution in [0.5, 0.6) is 0 Å². The number of carbonyl (C=O) groups excluding carboxylic acids is 2. The van der Waals surface area contributed by atoms with Gasteiger partial charge in [-0.15, -0.1) is 0 Å². The third-order valence-corrected chi connectivity index (χ3v) is 2.24. The first-order chi connectivity index (χ1) is 9.47. The normalized spacial score (nSPS) is 9.85. The summed E-state index contributed by atoms with van der Waals surface area (Å²) >= 11 is 0. The second-order valence-electron chi connectivity index (χ2n) is 4.06. The first-order valence-corrected chi connectivity index (χ1v) is 5.96. The summed E-state index contributed by atoms with van der Waals surface area (Å²) in [6.07, 6.45) is 3.56. The van der Waals surface area contributed by atoms with Gasteiger partial charge in [-0.2, -0.15) is 5.10 Å². The van der Waals surface area contributed by atoms with Crippen LogP contribution in [-0.2, 0) is 16.1 Å². The smallest absolute Gasteiger partial charge is 0.322 e. The highest BCUT2D eigenvalue weighted by Gasteiger charge is 2.06. The minimum atomic E-state index is -1.14. The molecule has 0 saturated heterocycles. The Morgan fingerprint density at radius 3 is 2.60 bits per heavy atom. The van der Waals surface area contributed by atoms with Gasteiger partial charge in [0.25, 0.3) is 0 Å². The molecule has 0 atom stereocenters. The van der Waals surface area contributed by atoms with Crippen LogP contribution in [0.1, 0.15) is 5.56 Å². The molecule has 0 spiro atoms. The second-order valence-corrected chi connectivity index (χ2v) is 4.06. The van der Waals surface area contributed by atoms with E-state index in [1.807, 2.05) is 13.1 Å². The van der Waals surface area contributed by atoms with Crippen molar-refractivity contribution in [2.45, 2.75) is 13.5 Å². The summed E-state index contributed by atoms with van der Waals surface area (Å²) in [4.78, 5) is 32.6. The van der Waals surface area contributed by atoms with E-state index in [1.54, 1.807) is 10.9 Å². The molecule has 110 valence electrons. The Kier molecular flexibility index (Phi) is 6.01. The Balaban J connectivity index is 2.11. The van der Waals surface area contributed by atoms with Crippen molar-refractivity contribution in [1.29, 1.82) is 0 Å². The molecule has 3 amide bonds. The topological polar surface area (TPSA) is 125 Å². The van der Waals surface area contributed by atoms with Crippen LogP contribution in [0.2, 0.25) is 0 Å². The van der Waals surface area contributed by atoms with E-state index in [2.05, 4.69) is 21.0 Å². The largest absolute Gasteiger partial charge is 0.480 e. The number of carboxylic acid groups (broad SMARTS) is 1. The average molecular weight is 283 g/mol. The highest BCUT2D eigenvalue weighted by molar-refractivity contribution is 5.86. The molecule has 0 aliphatic heterocycles. The molecule has 9 heteroatoms. The number of aliphatic carboxylic acids is 1. The van der Waals surface area contributed by atoms with E-state index < -0.39 is 24.5 Å². The van der Waals surface area contributed by atoms with Crippen LogP contribution in [-0.4, -0.2) is 52.4 Å². The predicted octanol–water partition coefficient (Wildman–Crippen LogP) is -1.31. The average Bonchev–Trinajstić information content (AvgIpc) is 2.79. The van der Waals surface area contributed by atoms with Crippen molar-refractivity contribution >= 4 is 17.9 Å². The molecule has 0 aliphatic carbocycles. The number of amides is 3. The predicted molar refractivity (Wildman–Crippen MR) is 69.0 cm³/mol. The molecular weight excluding hydrogens is 266 g/mol. The molecule has 0 saturated carbocycles. The summed E-state index contributed by atoms with van der Waals surface area (Å²) < 4.78 is 1.69. The molecule has 4 N–H and O–H groups in total. The van der Waals surface area contributed by atoms with Crippen molar-refractivity contribution < 1.29 is 19.5 Å². The molecule has 1 heterocycles. The van der Waals surface area contributed by atoms with Crippen molar-refractivity contribution in [3.05, 3.63) is 18.0 Å². The van der Waals surface area contributed by atoms with Gasteiger partial charge in [0.15, 0.2) is 0 Å². The molecule has 1 rings (SSSR count). The van der Waals surface area contributed by atoms with Gasteiger partial charge >= 0.3 is 12.0 Å². The highest BCUT2D eigenvalue weighted by Crippen LogP contribution is 1.92. The SMILES string of the molecule is Cc1cnn(CCNC(=O)NCC(=O)NCC(=O)O)c1.